The Labute approximate surface area is 160 Å². The van der Waals surface area contributed by atoms with Crippen LogP contribution in [-0.2, 0) is 0 Å². The zero-order valence-electron chi connectivity index (χ0n) is 13.5. The van der Waals surface area contributed by atoms with Gasteiger partial charge in [0.2, 0.25) is 0 Å². The van der Waals surface area contributed by atoms with Crippen molar-refractivity contribution in [3.8, 4) is 11.3 Å². The number of amides is 1. The van der Waals surface area contributed by atoms with Gasteiger partial charge >= 0.3 is 0 Å². The highest BCUT2D eigenvalue weighted by molar-refractivity contribution is 6.35. The molecule has 0 bridgehead atoms. The summed E-state index contributed by atoms with van der Waals surface area (Å²) in [4.78, 5) is 12.5. The van der Waals surface area contributed by atoms with Crippen LogP contribution < -0.4 is 5.32 Å². The van der Waals surface area contributed by atoms with Crippen molar-refractivity contribution in [2.24, 2.45) is 0 Å². The lowest BCUT2D eigenvalue weighted by molar-refractivity contribution is 0.102. The van der Waals surface area contributed by atoms with Crippen molar-refractivity contribution < 1.29 is 9.21 Å². The second-order valence-corrected chi connectivity index (χ2v) is 6.94. The Hall–Kier alpha value is -1.94. The molecule has 0 aliphatic heterocycles. The Balaban J connectivity index is 1.88. The van der Waals surface area contributed by atoms with Crippen LogP contribution in [0.15, 0.2) is 46.9 Å². The normalized spacial score (nSPS) is 10.8. The lowest BCUT2D eigenvalue weighted by atomic mass is 10.1. The third kappa shape index (κ3) is 4.01. The van der Waals surface area contributed by atoms with Crippen molar-refractivity contribution in [1.29, 1.82) is 0 Å². The molecular formula is C19H14Cl3NO2. The fourth-order valence-electron chi connectivity index (χ4n) is 2.41. The molecule has 1 aromatic heterocycles. The van der Waals surface area contributed by atoms with Crippen molar-refractivity contribution >= 4 is 46.4 Å². The number of hydrogen-bond acceptors (Lipinski definition) is 2. The molecule has 0 aliphatic rings. The summed E-state index contributed by atoms with van der Waals surface area (Å²) in [5.41, 5.74) is 2.70. The molecule has 1 N–H and O–H groups in total. The molecule has 0 aliphatic carbocycles. The number of aryl methyl sites for hydroxylation is 2. The Morgan fingerprint density at radius 3 is 2.28 bits per heavy atom. The van der Waals surface area contributed by atoms with E-state index in [-0.39, 0.29) is 5.91 Å². The predicted octanol–water partition coefficient (Wildman–Crippen LogP) is 6.78. The van der Waals surface area contributed by atoms with E-state index >= 15 is 0 Å². The van der Waals surface area contributed by atoms with E-state index in [1.54, 1.807) is 43.3 Å². The number of halogens is 3. The van der Waals surface area contributed by atoms with Crippen molar-refractivity contribution in [2.75, 3.05) is 5.32 Å². The average molecular weight is 395 g/mol. The largest absolute Gasteiger partial charge is 0.461 e. The summed E-state index contributed by atoms with van der Waals surface area (Å²) in [7, 11) is 0. The van der Waals surface area contributed by atoms with E-state index in [4.69, 9.17) is 39.2 Å². The van der Waals surface area contributed by atoms with Crippen LogP contribution in [0.25, 0.3) is 11.3 Å². The van der Waals surface area contributed by atoms with Crippen LogP contribution in [0.4, 0.5) is 5.69 Å². The lowest BCUT2D eigenvalue weighted by Crippen LogP contribution is -2.12. The van der Waals surface area contributed by atoms with Crippen molar-refractivity contribution in [3.05, 3.63) is 74.4 Å². The molecular weight excluding hydrogens is 381 g/mol. The van der Waals surface area contributed by atoms with Gasteiger partial charge in [-0.1, -0.05) is 40.9 Å². The standard InChI is InChI=1S/C19H14Cl3NO2/c1-10-3-4-15(8-17(10)22)23-19(24)16-9-18(25-11(16)2)12-5-13(20)7-14(21)6-12/h3-9H,1-2H3,(H,23,24). The monoisotopic (exact) mass is 393 g/mol. The Bertz CT molecular complexity index is 943. The van der Waals surface area contributed by atoms with E-state index in [2.05, 4.69) is 5.32 Å². The summed E-state index contributed by atoms with van der Waals surface area (Å²) in [5, 5.41) is 4.41. The van der Waals surface area contributed by atoms with Gasteiger partial charge < -0.3 is 9.73 Å². The number of nitrogens with one attached hydrogen (secondary N) is 1. The van der Waals surface area contributed by atoms with Gasteiger partial charge in [-0.2, -0.15) is 0 Å². The molecule has 0 spiro atoms. The number of benzene rings is 2. The van der Waals surface area contributed by atoms with Gasteiger partial charge in [0.05, 0.1) is 5.56 Å². The predicted molar refractivity (Wildman–Crippen MR) is 103 cm³/mol. The first kappa shape index (κ1) is 17.9. The second kappa shape index (κ2) is 7.12. The van der Waals surface area contributed by atoms with Crippen molar-refractivity contribution in [3.63, 3.8) is 0 Å². The number of carbonyl (C=O) groups excluding carboxylic acids is 1. The molecule has 0 saturated heterocycles. The molecule has 25 heavy (non-hydrogen) atoms. The number of anilines is 1. The van der Waals surface area contributed by atoms with Crippen LogP contribution in [0.5, 0.6) is 0 Å². The number of hydrogen-bond donors (Lipinski definition) is 1. The molecule has 128 valence electrons. The summed E-state index contributed by atoms with van der Waals surface area (Å²) in [6, 6.07) is 12.1. The highest BCUT2D eigenvalue weighted by Gasteiger charge is 2.17. The minimum atomic E-state index is -0.277. The van der Waals surface area contributed by atoms with Gasteiger partial charge in [0.15, 0.2) is 0 Å². The van der Waals surface area contributed by atoms with Gasteiger partial charge in [0.25, 0.3) is 5.91 Å². The Morgan fingerprint density at radius 2 is 1.64 bits per heavy atom. The lowest BCUT2D eigenvalue weighted by Gasteiger charge is -2.06. The van der Waals surface area contributed by atoms with Gasteiger partial charge in [0.1, 0.15) is 11.5 Å². The first-order chi connectivity index (χ1) is 11.8. The molecule has 1 heterocycles. The zero-order valence-corrected chi connectivity index (χ0v) is 15.8. The molecule has 6 heteroatoms. The maximum Gasteiger partial charge on any atom is 0.259 e. The first-order valence-electron chi connectivity index (χ1n) is 7.48. The summed E-state index contributed by atoms with van der Waals surface area (Å²) < 4.78 is 5.71. The summed E-state index contributed by atoms with van der Waals surface area (Å²) in [5.74, 6) is 0.747. The Morgan fingerprint density at radius 1 is 0.960 bits per heavy atom. The molecule has 0 radical (unpaired) electrons. The highest BCUT2D eigenvalue weighted by atomic mass is 35.5. The van der Waals surface area contributed by atoms with Crippen LogP contribution in [-0.4, -0.2) is 5.91 Å². The Kier molecular flexibility index (Phi) is 5.09. The maximum absolute atomic E-state index is 12.5. The van der Waals surface area contributed by atoms with Crippen LogP contribution in [0.3, 0.4) is 0 Å². The molecule has 0 saturated carbocycles. The summed E-state index contributed by atoms with van der Waals surface area (Å²) in [6.45, 7) is 3.63. The van der Waals surface area contributed by atoms with E-state index in [0.29, 0.717) is 43.4 Å². The minimum Gasteiger partial charge on any atom is -0.461 e. The zero-order chi connectivity index (χ0) is 18.1. The quantitative estimate of drug-likeness (QED) is 0.532. The van der Waals surface area contributed by atoms with E-state index in [0.717, 1.165) is 5.56 Å². The highest BCUT2D eigenvalue weighted by Crippen LogP contribution is 2.31. The fourth-order valence-corrected chi connectivity index (χ4v) is 3.12. The van der Waals surface area contributed by atoms with E-state index in [1.807, 2.05) is 13.0 Å². The summed E-state index contributed by atoms with van der Waals surface area (Å²) in [6.07, 6.45) is 0. The fraction of sp³-hybridized carbons (Fsp3) is 0.105. The summed E-state index contributed by atoms with van der Waals surface area (Å²) >= 11 is 18.1. The van der Waals surface area contributed by atoms with Crippen LogP contribution >= 0.6 is 34.8 Å². The SMILES string of the molecule is Cc1ccc(NC(=O)c2cc(-c3cc(Cl)cc(Cl)c3)oc2C)cc1Cl. The van der Waals surface area contributed by atoms with E-state index in [1.165, 1.54) is 0 Å². The third-order valence-electron chi connectivity index (χ3n) is 3.74. The van der Waals surface area contributed by atoms with Gasteiger partial charge in [0, 0.05) is 26.3 Å². The van der Waals surface area contributed by atoms with Crippen LogP contribution in [0.1, 0.15) is 21.7 Å². The van der Waals surface area contributed by atoms with Gasteiger partial charge in [-0.25, -0.2) is 0 Å². The molecule has 1 amide bonds. The number of carbonyl (C=O) groups is 1. The van der Waals surface area contributed by atoms with Crippen LogP contribution in [0.2, 0.25) is 15.1 Å². The first-order valence-corrected chi connectivity index (χ1v) is 8.61. The van der Waals surface area contributed by atoms with E-state index < -0.39 is 0 Å². The van der Waals surface area contributed by atoms with Gasteiger partial charge in [-0.3, -0.25) is 4.79 Å². The number of rotatable bonds is 3. The molecule has 3 aromatic rings. The molecule has 0 atom stereocenters. The second-order valence-electron chi connectivity index (χ2n) is 5.66. The molecule has 3 rings (SSSR count). The molecule has 0 fully saturated rings. The van der Waals surface area contributed by atoms with Crippen molar-refractivity contribution in [1.82, 2.24) is 0 Å². The smallest absolute Gasteiger partial charge is 0.259 e. The topological polar surface area (TPSA) is 42.2 Å². The minimum absolute atomic E-state index is 0.277. The van der Waals surface area contributed by atoms with Crippen molar-refractivity contribution in [2.45, 2.75) is 13.8 Å². The third-order valence-corrected chi connectivity index (χ3v) is 4.58. The number of furan rings is 1. The maximum atomic E-state index is 12.5. The van der Waals surface area contributed by atoms with Crippen LogP contribution in [0, 0.1) is 13.8 Å². The van der Waals surface area contributed by atoms with Gasteiger partial charge in [-0.15, -0.1) is 0 Å². The molecule has 3 nitrogen and oxygen atoms in total. The molecule has 2 aromatic carbocycles. The molecule has 0 unspecified atom stereocenters. The average Bonchev–Trinajstić information content (AvgIpc) is 2.92. The van der Waals surface area contributed by atoms with E-state index in [9.17, 15) is 4.79 Å². The van der Waals surface area contributed by atoms with Gasteiger partial charge in [-0.05, 0) is 55.8 Å².